The lowest BCUT2D eigenvalue weighted by Gasteiger charge is -2.22. The number of ether oxygens (including phenoxy) is 1. The lowest BCUT2D eigenvalue weighted by atomic mass is 9.87. The molecule has 1 aliphatic rings. The van der Waals surface area contributed by atoms with E-state index in [0.717, 1.165) is 24.2 Å². The Balaban J connectivity index is 2.13. The summed E-state index contributed by atoms with van der Waals surface area (Å²) < 4.78 is 5.38. The summed E-state index contributed by atoms with van der Waals surface area (Å²) in [4.78, 5) is 11.4. The van der Waals surface area contributed by atoms with Crippen LogP contribution in [0.15, 0.2) is 24.3 Å². The number of hydrogen-bond acceptors (Lipinski definition) is 3. The van der Waals surface area contributed by atoms with Crippen molar-refractivity contribution in [3.8, 4) is 5.75 Å². The van der Waals surface area contributed by atoms with Crippen LogP contribution in [0.3, 0.4) is 0 Å². The van der Waals surface area contributed by atoms with Crippen molar-refractivity contribution < 1.29 is 19.7 Å². The van der Waals surface area contributed by atoms with E-state index in [1.807, 2.05) is 31.2 Å². The molecule has 1 fully saturated rings. The Bertz CT molecular complexity index is 468. The first-order valence-corrected chi connectivity index (χ1v) is 7.70. The summed E-state index contributed by atoms with van der Waals surface area (Å²) >= 11 is 0. The van der Waals surface area contributed by atoms with Crippen molar-refractivity contribution in [2.24, 2.45) is 17.8 Å². The van der Waals surface area contributed by atoms with E-state index in [1.54, 1.807) is 0 Å². The fourth-order valence-electron chi connectivity index (χ4n) is 3.32. The summed E-state index contributed by atoms with van der Waals surface area (Å²) in [6.07, 6.45) is 1.70. The molecule has 116 valence electrons. The van der Waals surface area contributed by atoms with E-state index in [4.69, 9.17) is 4.74 Å². The third-order valence-electron chi connectivity index (χ3n) is 4.54. The zero-order valence-corrected chi connectivity index (χ0v) is 12.7. The van der Waals surface area contributed by atoms with Gasteiger partial charge in [-0.25, -0.2) is 0 Å². The van der Waals surface area contributed by atoms with Crippen LogP contribution in [-0.2, 0) is 4.79 Å². The number of carbonyl (C=O) groups is 1. The third-order valence-corrected chi connectivity index (χ3v) is 4.54. The standard InChI is InChI=1S/C17H24O4/c1-3-11-9-14(15(10-11)17(19)20)16(18)12-5-7-13(8-6-12)21-4-2/h5-8,11,14-16,18H,3-4,9-10H2,1-2H3,(H,19,20). The fourth-order valence-corrected chi connectivity index (χ4v) is 3.32. The van der Waals surface area contributed by atoms with Crippen molar-refractivity contribution in [1.29, 1.82) is 0 Å². The van der Waals surface area contributed by atoms with Gasteiger partial charge in [-0.15, -0.1) is 0 Å². The van der Waals surface area contributed by atoms with Gasteiger partial charge in [-0.3, -0.25) is 4.79 Å². The Morgan fingerprint density at radius 1 is 1.29 bits per heavy atom. The van der Waals surface area contributed by atoms with Gasteiger partial charge in [0.2, 0.25) is 0 Å². The minimum Gasteiger partial charge on any atom is -0.494 e. The zero-order valence-electron chi connectivity index (χ0n) is 12.7. The maximum atomic E-state index is 11.4. The van der Waals surface area contributed by atoms with Crippen LogP contribution in [0.5, 0.6) is 5.75 Å². The summed E-state index contributed by atoms with van der Waals surface area (Å²) in [6.45, 7) is 4.60. The van der Waals surface area contributed by atoms with E-state index >= 15 is 0 Å². The SMILES string of the molecule is CCOc1ccc(C(O)C2CC(CC)CC2C(=O)O)cc1. The quantitative estimate of drug-likeness (QED) is 0.844. The Kier molecular flexibility index (Phi) is 5.23. The van der Waals surface area contributed by atoms with Crippen molar-refractivity contribution >= 4 is 5.97 Å². The van der Waals surface area contributed by atoms with Gasteiger partial charge in [-0.2, -0.15) is 0 Å². The Hall–Kier alpha value is -1.55. The summed E-state index contributed by atoms with van der Waals surface area (Å²) in [5.74, 6) is -0.280. The van der Waals surface area contributed by atoms with Crippen LogP contribution in [0, 0.1) is 17.8 Å². The van der Waals surface area contributed by atoms with Crippen LogP contribution in [-0.4, -0.2) is 22.8 Å². The molecule has 0 amide bonds. The van der Waals surface area contributed by atoms with Gasteiger partial charge in [0, 0.05) is 5.92 Å². The molecule has 0 saturated heterocycles. The number of aliphatic hydroxyl groups is 1. The van der Waals surface area contributed by atoms with Crippen LogP contribution in [0.4, 0.5) is 0 Å². The minimum atomic E-state index is -0.791. The van der Waals surface area contributed by atoms with Crippen LogP contribution in [0.25, 0.3) is 0 Å². The van der Waals surface area contributed by atoms with Crippen LogP contribution >= 0.6 is 0 Å². The molecular formula is C17H24O4. The summed E-state index contributed by atoms with van der Waals surface area (Å²) in [5, 5.41) is 19.9. The molecule has 1 saturated carbocycles. The van der Waals surface area contributed by atoms with Gasteiger partial charge >= 0.3 is 5.97 Å². The van der Waals surface area contributed by atoms with E-state index in [-0.39, 0.29) is 5.92 Å². The first-order chi connectivity index (χ1) is 10.1. The van der Waals surface area contributed by atoms with E-state index < -0.39 is 18.0 Å². The number of hydrogen-bond donors (Lipinski definition) is 2. The van der Waals surface area contributed by atoms with E-state index in [1.165, 1.54) is 0 Å². The smallest absolute Gasteiger partial charge is 0.306 e. The molecule has 4 heteroatoms. The molecule has 1 aromatic carbocycles. The highest BCUT2D eigenvalue weighted by atomic mass is 16.5. The van der Waals surface area contributed by atoms with Gasteiger partial charge in [-0.05, 0) is 43.4 Å². The lowest BCUT2D eigenvalue weighted by molar-refractivity contribution is -0.144. The minimum absolute atomic E-state index is 0.203. The molecule has 0 radical (unpaired) electrons. The Morgan fingerprint density at radius 2 is 1.95 bits per heavy atom. The first kappa shape index (κ1) is 15.8. The number of carboxylic acid groups (broad SMARTS) is 1. The molecule has 0 spiro atoms. The second-order valence-electron chi connectivity index (χ2n) is 5.80. The number of carboxylic acids is 1. The highest BCUT2D eigenvalue weighted by Crippen LogP contribution is 2.44. The molecule has 21 heavy (non-hydrogen) atoms. The lowest BCUT2D eigenvalue weighted by Crippen LogP contribution is -2.23. The molecule has 2 N–H and O–H groups in total. The molecule has 2 rings (SSSR count). The van der Waals surface area contributed by atoms with Gasteiger partial charge in [0.05, 0.1) is 18.6 Å². The fraction of sp³-hybridized carbons (Fsp3) is 0.588. The number of aliphatic carboxylic acids is 1. The van der Waals surface area contributed by atoms with E-state index in [0.29, 0.717) is 18.9 Å². The van der Waals surface area contributed by atoms with Crippen molar-refractivity contribution in [3.05, 3.63) is 29.8 Å². The first-order valence-electron chi connectivity index (χ1n) is 7.70. The van der Waals surface area contributed by atoms with Crippen molar-refractivity contribution in [1.82, 2.24) is 0 Å². The number of benzene rings is 1. The molecule has 0 bridgehead atoms. The molecule has 1 aliphatic carbocycles. The van der Waals surface area contributed by atoms with Gasteiger partial charge in [-0.1, -0.05) is 25.5 Å². The molecule has 4 atom stereocenters. The van der Waals surface area contributed by atoms with Gasteiger partial charge in [0.1, 0.15) is 5.75 Å². The average Bonchev–Trinajstić information content (AvgIpc) is 2.92. The number of rotatable bonds is 6. The molecule has 0 aliphatic heterocycles. The maximum absolute atomic E-state index is 11.4. The molecule has 0 aromatic heterocycles. The Morgan fingerprint density at radius 3 is 2.48 bits per heavy atom. The van der Waals surface area contributed by atoms with Crippen molar-refractivity contribution in [3.63, 3.8) is 0 Å². The van der Waals surface area contributed by atoms with Crippen molar-refractivity contribution in [2.45, 2.75) is 39.2 Å². The Labute approximate surface area is 125 Å². The summed E-state index contributed by atoms with van der Waals surface area (Å²) in [6, 6.07) is 7.30. The van der Waals surface area contributed by atoms with Crippen LogP contribution < -0.4 is 4.74 Å². The average molecular weight is 292 g/mol. The van der Waals surface area contributed by atoms with Gasteiger partial charge in [0.25, 0.3) is 0 Å². The van der Waals surface area contributed by atoms with Gasteiger partial charge < -0.3 is 14.9 Å². The summed E-state index contributed by atoms with van der Waals surface area (Å²) in [5.41, 5.74) is 0.770. The van der Waals surface area contributed by atoms with Crippen LogP contribution in [0.2, 0.25) is 0 Å². The normalized spacial score (nSPS) is 26.5. The largest absolute Gasteiger partial charge is 0.494 e. The molecule has 1 aromatic rings. The highest BCUT2D eigenvalue weighted by Gasteiger charge is 2.42. The summed E-state index contributed by atoms with van der Waals surface area (Å²) in [7, 11) is 0. The molecule has 4 nitrogen and oxygen atoms in total. The highest BCUT2D eigenvalue weighted by molar-refractivity contribution is 5.71. The van der Waals surface area contributed by atoms with E-state index in [2.05, 4.69) is 6.92 Å². The predicted octanol–water partition coefficient (Wildman–Crippen LogP) is 3.26. The second kappa shape index (κ2) is 6.94. The van der Waals surface area contributed by atoms with Crippen molar-refractivity contribution in [2.75, 3.05) is 6.61 Å². The predicted molar refractivity (Wildman–Crippen MR) is 80.2 cm³/mol. The topological polar surface area (TPSA) is 66.8 Å². The molecule has 4 unspecified atom stereocenters. The number of aliphatic hydroxyl groups excluding tert-OH is 1. The molecular weight excluding hydrogens is 268 g/mol. The van der Waals surface area contributed by atoms with Crippen LogP contribution in [0.1, 0.15) is 44.8 Å². The molecule has 0 heterocycles. The monoisotopic (exact) mass is 292 g/mol. The maximum Gasteiger partial charge on any atom is 0.306 e. The third kappa shape index (κ3) is 3.56. The zero-order chi connectivity index (χ0) is 15.4. The van der Waals surface area contributed by atoms with E-state index in [9.17, 15) is 15.0 Å². The van der Waals surface area contributed by atoms with Gasteiger partial charge in [0.15, 0.2) is 0 Å². The second-order valence-corrected chi connectivity index (χ2v) is 5.80.